The number of amides is 1. The number of thioether (sulfide) groups is 1. The summed E-state index contributed by atoms with van der Waals surface area (Å²) in [6, 6.07) is 0. The van der Waals surface area contributed by atoms with Crippen LogP contribution in [0.25, 0.3) is 0 Å². The average Bonchev–Trinajstić information content (AvgIpc) is 2.66. The van der Waals surface area contributed by atoms with Gasteiger partial charge in [-0.1, -0.05) is 48.3 Å². The molecule has 1 N–H and O–H groups in total. The number of allylic oxidation sites excluding steroid dienone is 3. The van der Waals surface area contributed by atoms with Gasteiger partial charge in [0.05, 0.1) is 0 Å². The summed E-state index contributed by atoms with van der Waals surface area (Å²) < 4.78 is 0.871. The Bertz CT molecular complexity index is 399. The monoisotopic (exact) mass is 255 g/mol. The molecular weight excluding hydrogens is 242 g/mol. The molecule has 1 aromatic rings. The van der Waals surface area contributed by atoms with Crippen molar-refractivity contribution in [2.45, 2.75) is 18.2 Å². The van der Waals surface area contributed by atoms with E-state index in [9.17, 15) is 4.79 Å². The van der Waals surface area contributed by atoms with Crippen LogP contribution in [0.2, 0.25) is 0 Å². The molecule has 86 valence electrons. The van der Waals surface area contributed by atoms with Gasteiger partial charge < -0.3 is 0 Å². The first-order valence-corrected chi connectivity index (χ1v) is 6.63. The summed E-state index contributed by atoms with van der Waals surface area (Å²) in [7, 11) is 0. The molecule has 0 spiro atoms. The zero-order valence-electron chi connectivity index (χ0n) is 9.14. The van der Waals surface area contributed by atoms with Crippen LogP contribution in [0, 0.1) is 0 Å². The number of aromatic nitrogens is 2. The number of carbonyl (C=O) groups excluding carboxylic acids is 1. The Morgan fingerprint density at radius 2 is 2.31 bits per heavy atom. The van der Waals surface area contributed by atoms with E-state index < -0.39 is 0 Å². The fourth-order valence-corrected chi connectivity index (χ4v) is 2.50. The first-order valence-electron chi connectivity index (χ1n) is 4.83. The van der Waals surface area contributed by atoms with Gasteiger partial charge in [0.1, 0.15) is 0 Å². The van der Waals surface area contributed by atoms with Gasteiger partial charge in [-0.05, 0) is 12.7 Å². The molecule has 0 fully saturated rings. The van der Waals surface area contributed by atoms with Crippen LogP contribution >= 0.6 is 23.1 Å². The number of hydrogen-bond acceptors (Lipinski definition) is 5. The van der Waals surface area contributed by atoms with Crippen LogP contribution in [-0.4, -0.2) is 21.9 Å². The number of rotatable bonds is 5. The van der Waals surface area contributed by atoms with Crippen LogP contribution in [0.5, 0.6) is 0 Å². The van der Waals surface area contributed by atoms with Gasteiger partial charge in [-0.3, -0.25) is 10.1 Å². The SMILES string of the molecule is CC=CC=CC(=O)Nc1nnc(SCC)s1. The normalized spacial score (nSPS) is 11.4. The predicted molar refractivity (Wildman–Crippen MR) is 68.9 cm³/mol. The maximum atomic E-state index is 11.4. The summed E-state index contributed by atoms with van der Waals surface area (Å²) >= 11 is 2.99. The summed E-state index contributed by atoms with van der Waals surface area (Å²) in [5.41, 5.74) is 0. The molecular formula is C10H13N3OS2. The molecule has 0 aliphatic heterocycles. The highest BCUT2D eigenvalue weighted by molar-refractivity contribution is 8.01. The van der Waals surface area contributed by atoms with Crippen LogP contribution < -0.4 is 5.32 Å². The van der Waals surface area contributed by atoms with Crippen molar-refractivity contribution in [2.24, 2.45) is 0 Å². The molecule has 1 amide bonds. The van der Waals surface area contributed by atoms with Crippen molar-refractivity contribution >= 4 is 34.1 Å². The van der Waals surface area contributed by atoms with E-state index >= 15 is 0 Å². The molecule has 1 heterocycles. The Morgan fingerprint density at radius 3 is 3.00 bits per heavy atom. The van der Waals surface area contributed by atoms with Crippen molar-refractivity contribution in [3.05, 3.63) is 24.3 Å². The van der Waals surface area contributed by atoms with E-state index in [1.807, 2.05) is 19.9 Å². The minimum atomic E-state index is -0.192. The second-order valence-electron chi connectivity index (χ2n) is 2.68. The van der Waals surface area contributed by atoms with Gasteiger partial charge in [0, 0.05) is 6.08 Å². The fraction of sp³-hybridized carbons (Fsp3) is 0.300. The molecule has 0 unspecified atom stereocenters. The van der Waals surface area contributed by atoms with E-state index in [1.165, 1.54) is 17.4 Å². The predicted octanol–water partition coefficient (Wildman–Crippen LogP) is 2.72. The molecule has 0 bridgehead atoms. The Kier molecular flexibility index (Phi) is 5.81. The number of nitrogens with one attached hydrogen (secondary N) is 1. The van der Waals surface area contributed by atoms with Crippen molar-refractivity contribution in [3.63, 3.8) is 0 Å². The maximum absolute atomic E-state index is 11.4. The van der Waals surface area contributed by atoms with Crippen LogP contribution in [0.4, 0.5) is 5.13 Å². The third-order valence-corrected chi connectivity index (χ3v) is 3.31. The largest absolute Gasteiger partial charge is 0.297 e. The van der Waals surface area contributed by atoms with Gasteiger partial charge in [-0.15, -0.1) is 10.2 Å². The van der Waals surface area contributed by atoms with Crippen LogP contribution in [-0.2, 0) is 4.79 Å². The Balaban J connectivity index is 2.49. The van der Waals surface area contributed by atoms with Crippen LogP contribution in [0.15, 0.2) is 28.6 Å². The lowest BCUT2D eigenvalue weighted by atomic mass is 10.4. The van der Waals surface area contributed by atoms with Gasteiger partial charge in [-0.25, -0.2) is 0 Å². The zero-order chi connectivity index (χ0) is 11.8. The zero-order valence-corrected chi connectivity index (χ0v) is 10.8. The van der Waals surface area contributed by atoms with Crippen molar-refractivity contribution < 1.29 is 4.79 Å². The molecule has 6 heteroatoms. The molecule has 16 heavy (non-hydrogen) atoms. The molecule has 1 aromatic heterocycles. The van der Waals surface area contributed by atoms with Crippen LogP contribution in [0.3, 0.4) is 0 Å². The standard InChI is InChI=1S/C10H13N3OS2/c1-3-5-6-7-8(14)11-9-12-13-10(16-9)15-4-2/h3,5-7H,4H2,1-2H3,(H,11,12,14). The van der Waals surface area contributed by atoms with Crippen molar-refractivity contribution in [2.75, 3.05) is 11.1 Å². The maximum Gasteiger partial charge on any atom is 0.250 e. The molecule has 0 atom stereocenters. The molecule has 0 aliphatic rings. The minimum Gasteiger partial charge on any atom is -0.297 e. The highest BCUT2D eigenvalue weighted by atomic mass is 32.2. The number of anilines is 1. The van der Waals surface area contributed by atoms with Gasteiger partial charge in [0.25, 0.3) is 0 Å². The van der Waals surface area contributed by atoms with Crippen LogP contribution in [0.1, 0.15) is 13.8 Å². The summed E-state index contributed by atoms with van der Waals surface area (Å²) in [5.74, 6) is 0.756. The quantitative estimate of drug-likeness (QED) is 0.380. The molecule has 1 rings (SSSR count). The van der Waals surface area contributed by atoms with E-state index in [2.05, 4.69) is 15.5 Å². The Labute approximate surface area is 103 Å². The first kappa shape index (κ1) is 12.9. The summed E-state index contributed by atoms with van der Waals surface area (Å²) in [5, 5.41) is 11.0. The van der Waals surface area contributed by atoms with Gasteiger partial charge in [0.2, 0.25) is 11.0 Å². The van der Waals surface area contributed by atoms with E-state index in [1.54, 1.807) is 23.9 Å². The minimum absolute atomic E-state index is 0.192. The third kappa shape index (κ3) is 4.59. The van der Waals surface area contributed by atoms with Gasteiger partial charge in [-0.2, -0.15) is 0 Å². The van der Waals surface area contributed by atoms with E-state index in [4.69, 9.17) is 0 Å². The van der Waals surface area contributed by atoms with Gasteiger partial charge in [0.15, 0.2) is 4.34 Å². The van der Waals surface area contributed by atoms with E-state index in [0.717, 1.165) is 10.1 Å². The molecule has 0 saturated heterocycles. The molecule has 0 saturated carbocycles. The van der Waals surface area contributed by atoms with Crippen molar-refractivity contribution in [3.8, 4) is 0 Å². The summed E-state index contributed by atoms with van der Waals surface area (Å²) in [6.45, 7) is 3.94. The fourth-order valence-electron chi connectivity index (χ4n) is 0.843. The lowest BCUT2D eigenvalue weighted by Crippen LogP contribution is -2.07. The Hall–Kier alpha value is -1.14. The smallest absolute Gasteiger partial charge is 0.250 e. The average molecular weight is 255 g/mol. The second kappa shape index (κ2) is 7.19. The molecule has 4 nitrogen and oxygen atoms in total. The van der Waals surface area contributed by atoms with Crippen molar-refractivity contribution in [1.82, 2.24) is 10.2 Å². The second-order valence-corrected chi connectivity index (χ2v) is 5.17. The van der Waals surface area contributed by atoms with E-state index in [-0.39, 0.29) is 5.91 Å². The highest BCUT2D eigenvalue weighted by Gasteiger charge is 2.05. The molecule has 0 aromatic carbocycles. The highest BCUT2D eigenvalue weighted by Crippen LogP contribution is 2.24. The molecule has 0 aliphatic carbocycles. The van der Waals surface area contributed by atoms with Crippen molar-refractivity contribution in [1.29, 1.82) is 0 Å². The topological polar surface area (TPSA) is 54.9 Å². The number of carbonyl (C=O) groups is 1. The summed E-state index contributed by atoms with van der Waals surface area (Å²) in [6.07, 6.45) is 6.77. The number of nitrogens with zero attached hydrogens (tertiary/aromatic N) is 2. The molecule has 0 radical (unpaired) electrons. The van der Waals surface area contributed by atoms with E-state index in [0.29, 0.717) is 5.13 Å². The number of hydrogen-bond donors (Lipinski definition) is 1. The lowest BCUT2D eigenvalue weighted by Gasteiger charge is -1.92. The Morgan fingerprint density at radius 1 is 1.50 bits per heavy atom. The first-order chi connectivity index (χ1) is 7.76. The summed E-state index contributed by atoms with van der Waals surface area (Å²) in [4.78, 5) is 11.4. The van der Waals surface area contributed by atoms with Gasteiger partial charge >= 0.3 is 0 Å². The lowest BCUT2D eigenvalue weighted by molar-refractivity contribution is -0.111. The third-order valence-electron chi connectivity index (χ3n) is 1.46.